The summed E-state index contributed by atoms with van der Waals surface area (Å²) in [6.07, 6.45) is 2.25. The van der Waals surface area contributed by atoms with Gasteiger partial charge in [0.05, 0.1) is 0 Å². The SMILES string of the molecule is CN=C(NCCCCN(C)C(C)C)NCc1cccc(F)c1. The summed E-state index contributed by atoms with van der Waals surface area (Å²) < 4.78 is 13.1. The minimum Gasteiger partial charge on any atom is -0.356 e. The van der Waals surface area contributed by atoms with Gasteiger partial charge in [0.2, 0.25) is 0 Å². The van der Waals surface area contributed by atoms with Crippen molar-refractivity contribution in [1.29, 1.82) is 0 Å². The molecule has 22 heavy (non-hydrogen) atoms. The van der Waals surface area contributed by atoms with E-state index in [9.17, 15) is 4.39 Å². The molecule has 1 rings (SSSR count). The van der Waals surface area contributed by atoms with Crippen LogP contribution in [0.1, 0.15) is 32.3 Å². The second-order valence-corrected chi connectivity index (χ2v) is 5.76. The molecule has 2 N–H and O–H groups in total. The van der Waals surface area contributed by atoms with Crippen molar-refractivity contribution >= 4 is 5.96 Å². The number of nitrogens with zero attached hydrogens (tertiary/aromatic N) is 2. The molecule has 0 saturated heterocycles. The number of benzene rings is 1. The van der Waals surface area contributed by atoms with Crippen molar-refractivity contribution in [3.63, 3.8) is 0 Å². The van der Waals surface area contributed by atoms with Crippen LogP contribution in [0.2, 0.25) is 0 Å². The summed E-state index contributed by atoms with van der Waals surface area (Å²) in [4.78, 5) is 6.52. The molecule has 0 amide bonds. The summed E-state index contributed by atoms with van der Waals surface area (Å²) in [6.45, 7) is 6.96. The Morgan fingerprint density at radius 1 is 1.27 bits per heavy atom. The first kappa shape index (κ1) is 18.4. The van der Waals surface area contributed by atoms with Crippen molar-refractivity contribution in [2.75, 3.05) is 27.2 Å². The molecule has 0 saturated carbocycles. The maximum Gasteiger partial charge on any atom is 0.191 e. The Labute approximate surface area is 133 Å². The van der Waals surface area contributed by atoms with Gasteiger partial charge in [-0.25, -0.2) is 4.39 Å². The van der Waals surface area contributed by atoms with Crippen LogP contribution in [-0.4, -0.2) is 44.1 Å². The third kappa shape index (κ3) is 7.41. The first-order valence-electron chi connectivity index (χ1n) is 7.92. The number of aliphatic imine (C=N–C) groups is 1. The molecule has 0 aliphatic rings. The topological polar surface area (TPSA) is 39.7 Å². The maximum atomic E-state index is 13.1. The monoisotopic (exact) mass is 308 g/mol. The molecular weight excluding hydrogens is 279 g/mol. The predicted octanol–water partition coefficient (Wildman–Crippen LogP) is 2.61. The molecule has 0 aliphatic carbocycles. The van der Waals surface area contributed by atoms with E-state index >= 15 is 0 Å². The van der Waals surface area contributed by atoms with E-state index in [1.165, 1.54) is 12.1 Å². The minimum atomic E-state index is -0.212. The molecule has 5 heteroatoms. The molecule has 0 unspecified atom stereocenters. The van der Waals surface area contributed by atoms with Gasteiger partial charge in [0.25, 0.3) is 0 Å². The lowest BCUT2D eigenvalue weighted by Crippen LogP contribution is -2.37. The molecule has 0 fully saturated rings. The zero-order valence-corrected chi connectivity index (χ0v) is 14.2. The Morgan fingerprint density at radius 2 is 2.05 bits per heavy atom. The van der Waals surface area contributed by atoms with Crippen LogP contribution in [0.15, 0.2) is 29.3 Å². The smallest absolute Gasteiger partial charge is 0.191 e. The molecular formula is C17H29FN4. The largest absolute Gasteiger partial charge is 0.356 e. The van der Waals surface area contributed by atoms with Crippen molar-refractivity contribution in [1.82, 2.24) is 15.5 Å². The molecule has 0 radical (unpaired) electrons. The first-order chi connectivity index (χ1) is 10.5. The van der Waals surface area contributed by atoms with Crippen LogP contribution in [0, 0.1) is 5.82 Å². The molecule has 1 aromatic rings. The summed E-state index contributed by atoms with van der Waals surface area (Å²) in [5.41, 5.74) is 0.904. The number of unbranched alkanes of at least 4 members (excludes halogenated alkanes) is 1. The van der Waals surface area contributed by atoms with Crippen LogP contribution in [0.3, 0.4) is 0 Å². The van der Waals surface area contributed by atoms with Crippen LogP contribution in [0.4, 0.5) is 4.39 Å². The zero-order chi connectivity index (χ0) is 16.4. The number of nitrogens with one attached hydrogen (secondary N) is 2. The average Bonchev–Trinajstić information content (AvgIpc) is 2.49. The van der Waals surface area contributed by atoms with Crippen LogP contribution in [0.25, 0.3) is 0 Å². The Bertz CT molecular complexity index is 460. The van der Waals surface area contributed by atoms with E-state index in [-0.39, 0.29) is 5.82 Å². The Balaban J connectivity index is 2.20. The zero-order valence-electron chi connectivity index (χ0n) is 14.2. The number of guanidine groups is 1. The van der Waals surface area contributed by atoms with Crippen LogP contribution in [-0.2, 0) is 6.54 Å². The fourth-order valence-electron chi connectivity index (χ4n) is 2.00. The van der Waals surface area contributed by atoms with E-state index < -0.39 is 0 Å². The molecule has 4 nitrogen and oxygen atoms in total. The van der Waals surface area contributed by atoms with Gasteiger partial charge >= 0.3 is 0 Å². The third-order valence-electron chi connectivity index (χ3n) is 3.68. The lowest BCUT2D eigenvalue weighted by molar-refractivity contribution is 0.268. The fourth-order valence-corrected chi connectivity index (χ4v) is 2.00. The van der Waals surface area contributed by atoms with Crippen molar-refractivity contribution in [3.8, 4) is 0 Å². The lowest BCUT2D eigenvalue weighted by Gasteiger charge is -2.20. The van der Waals surface area contributed by atoms with Gasteiger partial charge in [0.15, 0.2) is 5.96 Å². The van der Waals surface area contributed by atoms with Gasteiger partial charge in [-0.05, 0) is 58.0 Å². The Morgan fingerprint density at radius 3 is 2.68 bits per heavy atom. The second kappa shape index (κ2) is 10.2. The predicted molar refractivity (Wildman–Crippen MR) is 91.6 cm³/mol. The van der Waals surface area contributed by atoms with E-state index in [1.807, 2.05) is 6.07 Å². The standard InChI is InChI=1S/C17H29FN4/c1-14(2)22(4)11-6-5-10-20-17(19-3)21-13-15-8-7-9-16(18)12-15/h7-9,12,14H,5-6,10-11,13H2,1-4H3,(H2,19,20,21). The molecule has 1 aromatic carbocycles. The summed E-state index contributed by atoms with van der Waals surface area (Å²) in [5.74, 6) is 0.540. The third-order valence-corrected chi connectivity index (χ3v) is 3.68. The summed E-state index contributed by atoms with van der Waals surface area (Å²) in [6, 6.07) is 7.18. The number of hydrogen-bond donors (Lipinski definition) is 2. The van der Waals surface area contributed by atoms with Gasteiger partial charge < -0.3 is 15.5 Å². The fraction of sp³-hybridized carbons (Fsp3) is 0.588. The summed E-state index contributed by atoms with van der Waals surface area (Å²) >= 11 is 0. The molecule has 0 aliphatic heterocycles. The molecule has 0 atom stereocenters. The van der Waals surface area contributed by atoms with Crippen molar-refractivity contribution < 1.29 is 4.39 Å². The molecule has 0 heterocycles. The van der Waals surface area contributed by atoms with Crippen LogP contribution in [0.5, 0.6) is 0 Å². The van der Waals surface area contributed by atoms with E-state index in [1.54, 1.807) is 13.1 Å². The van der Waals surface area contributed by atoms with Gasteiger partial charge in [0, 0.05) is 26.2 Å². The highest BCUT2D eigenvalue weighted by Crippen LogP contribution is 2.02. The first-order valence-corrected chi connectivity index (χ1v) is 7.92. The Kier molecular flexibility index (Phi) is 8.51. The quantitative estimate of drug-likeness (QED) is 0.440. The Hall–Kier alpha value is -1.62. The molecule has 124 valence electrons. The lowest BCUT2D eigenvalue weighted by atomic mass is 10.2. The highest BCUT2D eigenvalue weighted by atomic mass is 19.1. The van der Waals surface area contributed by atoms with Crippen LogP contribution < -0.4 is 10.6 Å². The van der Waals surface area contributed by atoms with Gasteiger partial charge in [-0.2, -0.15) is 0 Å². The second-order valence-electron chi connectivity index (χ2n) is 5.76. The van der Waals surface area contributed by atoms with E-state index in [4.69, 9.17) is 0 Å². The molecule has 0 aromatic heterocycles. The normalized spacial score (nSPS) is 12.0. The summed E-state index contributed by atoms with van der Waals surface area (Å²) in [7, 11) is 3.89. The molecule has 0 spiro atoms. The highest BCUT2D eigenvalue weighted by Gasteiger charge is 2.02. The highest BCUT2D eigenvalue weighted by molar-refractivity contribution is 5.79. The van der Waals surface area contributed by atoms with Crippen LogP contribution >= 0.6 is 0 Å². The van der Waals surface area contributed by atoms with Crippen molar-refractivity contribution in [3.05, 3.63) is 35.6 Å². The maximum absolute atomic E-state index is 13.1. The van der Waals surface area contributed by atoms with Gasteiger partial charge in [-0.15, -0.1) is 0 Å². The molecule has 0 bridgehead atoms. The van der Waals surface area contributed by atoms with E-state index in [0.717, 1.165) is 37.5 Å². The van der Waals surface area contributed by atoms with Gasteiger partial charge in [-0.3, -0.25) is 4.99 Å². The number of hydrogen-bond acceptors (Lipinski definition) is 2. The summed E-state index contributed by atoms with van der Waals surface area (Å²) in [5, 5.41) is 6.48. The van der Waals surface area contributed by atoms with Crippen molar-refractivity contribution in [2.45, 2.75) is 39.3 Å². The van der Waals surface area contributed by atoms with Gasteiger partial charge in [-0.1, -0.05) is 12.1 Å². The number of halogens is 1. The minimum absolute atomic E-state index is 0.212. The van der Waals surface area contributed by atoms with Gasteiger partial charge in [0.1, 0.15) is 5.82 Å². The average molecular weight is 308 g/mol. The number of rotatable bonds is 8. The van der Waals surface area contributed by atoms with E-state index in [2.05, 4.69) is 41.4 Å². The van der Waals surface area contributed by atoms with E-state index in [0.29, 0.717) is 12.6 Å². The van der Waals surface area contributed by atoms with Crippen molar-refractivity contribution in [2.24, 2.45) is 4.99 Å².